The van der Waals surface area contributed by atoms with Crippen molar-refractivity contribution in [3.63, 3.8) is 0 Å². The highest BCUT2D eigenvalue weighted by Gasteiger charge is 2.28. The lowest BCUT2D eigenvalue weighted by Gasteiger charge is -2.25. The van der Waals surface area contributed by atoms with Gasteiger partial charge in [-0.2, -0.15) is 0 Å². The van der Waals surface area contributed by atoms with Crippen LogP contribution in [0.25, 0.3) is 11.1 Å². The van der Waals surface area contributed by atoms with Crippen molar-refractivity contribution in [1.82, 2.24) is 0 Å². The Hall–Kier alpha value is -3.10. The summed E-state index contributed by atoms with van der Waals surface area (Å²) in [7, 11) is -1.35. The third kappa shape index (κ3) is 4.39. The molecule has 0 unspecified atom stereocenters. The number of aryl methyl sites for hydroxylation is 2. The lowest BCUT2D eigenvalue weighted by Crippen LogP contribution is -2.42. The molecular weight excluding hydrogens is 380 g/mol. The van der Waals surface area contributed by atoms with Crippen molar-refractivity contribution < 1.29 is 4.43 Å². The van der Waals surface area contributed by atoms with Crippen LogP contribution in [0.5, 0.6) is 5.75 Å². The van der Waals surface area contributed by atoms with E-state index in [0.717, 1.165) is 5.75 Å². The number of hydrogen-bond donors (Lipinski definition) is 0. The molecular formula is C28H27OSi. The van der Waals surface area contributed by atoms with Crippen LogP contribution < -0.4 is 9.61 Å². The van der Waals surface area contributed by atoms with E-state index in [-0.39, 0.29) is 0 Å². The first-order valence-corrected chi connectivity index (χ1v) is 11.9. The number of hydrogen-bond acceptors (Lipinski definition) is 1. The molecule has 4 aromatic rings. The van der Waals surface area contributed by atoms with Gasteiger partial charge in [-0.25, -0.2) is 0 Å². The molecule has 0 aliphatic heterocycles. The summed E-state index contributed by atoms with van der Waals surface area (Å²) in [5.41, 5.74) is 6.50. The molecule has 0 heterocycles. The van der Waals surface area contributed by atoms with Crippen LogP contribution in [-0.4, -0.2) is 9.04 Å². The molecule has 0 aliphatic rings. The third-order valence-electron chi connectivity index (χ3n) is 5.59. The number of rotatable bonds is 6. The Labute approximate surface area is 181 Å². The van der Waals surface area contributed by atoms with Crippen LogP contribution in [0.2, 0.25) is 0 Å². The maximum atomic E-state index is 6.83. The molecule has 0 saturated heterocycles. The first kappa shape index (κ1) is 20.2. The Morgan fingerprint density at radius 3 is 1.73 bits per heavy atom. The Morgan fingerprint density at radius 1 is 0.600 bits per heavy atom. The Bertz CT molecular complexity index is 1070. The second-order valence-electron chi connectivity index (χ2n) is 7.76. The molecule has 4 aromatic carbocycles. The minimum atomic E-state index is -1.35. The SMILES string of the molecule is Cc1cccc(C)c1O[Si](c1ccc(-c2ccccc2)cc1)[C@H](C)c1ccccc1. The number of para-hydroxylation sites is 1. The molecule has 4 rings (SSSR count). The lowest BCUT2D eigenvalue weighted by atomic mass is 10.1. The molecule has 0 fully saturated rings. The van der Waals surface area contributed by atoms with Gasteiger partial charge in [0.1, 0.15) is 5.75 Å². The normalized spacial score (nSPS) is 12.0. The molecule has 0 aliphatic carbocycles. The molecule has 30 heavy (non-hydrogen) atoms. The molecule has 0 amide bonds. The number of benzene rings is 4. The van der Waals surface area contributed by atoms with Gasteiger partial charge >= 0.3 is 9.04 Å². The highest BCUT2D eigenvalue weighted by molar-refractivity contribution is 6.69. The largest absolute Gasteiger partial charge is 0.536 e. The zero-order valence-electron chi connectivity index (χ0n) is 17.8. The Balaban J connectivity index is 1.71. The zero-order chi connectivity index (χ0) is 20.9. The minimum Gasteiger partial charge on any atom is -0.536 e. The van der Waals surface area contributed by atoms with Crippen LogP contribution in [0.3, 0.4) is 0 Å². The average molecular weight is 408 g/mol. The van der Waals surface area contributed by atoms with Gasteiger partial charge in [-0.05, 0) is 46.9 Å². The predicted molar refractivity (Wildman–Crippen MR) is 129 cm³/mol. The van der Waals surface area contributed by atoms with Gasteiger partial charge in [0.15, 0.2) is 0 Å². The van der Waals surface area contributed by atoms with Crippen molar-refractivity contribution in [2.24, 2.45) is 0 Å². The summed E-state index contributed by atoms with van der Waals surface area (Å²) in [6.45, 7) is 6.56. The van der Waals surface area contributed by atoms with Crippen LogP contribution in [0, 0.1) is 13.8 Å². The van der Waals surface area contributed by atoms with Crippen molar-refractivity contribution in [1.29, 1.82) is 0 Å². The fourth-order valence-electron chi connectivity index (χ4n) is 3.82. The summed E-state index contributed by atoms with van der Waals surface area (Å²) in [5.74, 6) is 1.03. The predicted octanol–water partition coefficient (Wildman–Crippen LogP) is 6.59. The van der Waals surface area contributed by atoms with Crippen LogP contribution in [-0.2, 0) is 0 Å². The van der Waals surface area contributed by atoms with Crippen molar-refractivity contribution in [3.8, 4) is 16.9 Å². The van der Waals surface area contributed by atoms with Crippen LogP contribution in [0.15, 0.2) is 103 Å². The van der Waals surface area contributed by atoms with E-state index in [1.165, 1.54) is 33.0 Å². The van der Waals surface area contributed by atoms with Gasteiger partial charge < -0.3 is 4.43 Å². The minimum absolute atomic E-state index is 0.317. The fourth-order valence-corrected chi connectivity index (χ4v) is 6.14. The van der Waals surface area contributed by atoms with E-state index >= 15 is 0 Å². The molecule has 1 atom stereocenters. The topological polar surface area (TPSA) is 9.23 Å². The highest BCUT2D eigenvalue weighted by atomic mass is 28.3. The summed E-state index contributed by atoms with van der Waals surface area (Å²) < 4.78 is 6.83. The zero-order valence-corrected chi connectivity index (χ0v) is 18.8. The van der Waals surface area contributed by atoms with Crippen LogP contribution in [0.4, 0.5) is 0 Å². The monoisotopic (exact) mass is 407 g/mol. The molecule has 1 radical (unpaired) electrons. The van der Waals surface area contributed by atoms with E-state index in [9.17, 15) is 0 Å². The van der Waals surface area contributed by atoms with Crippen molar-refractivity contribution in [2.45, 2.75) is 26.3 Å². The quantitative estimate of drug-likeness (QED) is 0.328. The summed E-state index contributed by atoms with van der Waals surface area (Å²) in [4.78, 5) is 0. The van der Waals surface area contributed by atoms with E-state index < -0.39 is 9.04 Å². The second-order valence-corrected chi connectivity index (χ2v) is 10.1. The van der Waals surface area contributed by atoms with E-state index in [1.54, 1.807) is 0 Å². The van der Waals surface area contributed by atoms with Gasteiger partial charge in [-0.15, -0.1) is 0 Å². The van der Waals surface area contributed by atoms with Crippen LogP contribution in [0.1, 0.15) is 29.2 Å². The maximum absolute atomic E-state index is 6.83. The molecule has 0 saturated carbocycles. The van der Waals surface area contributed by atoms with Crippen molar-refractivity contribution >= 4 is 14.2 Å². The first-order valence-electron chi connectivity index (χ1n) is 10.4. The summed E-state index contributed by atoms with van der Waals surface area (Å²) in [5, 5.41) is 1.29. The molecule has 1 nitrogen and oxygen atoms in total. The van der Waals surface area contributed by atoms with Gasteiger partial charge in [-0.1, -0.05) is 110 Å². The van der Waals surface area contributed by atoms with Crippen LogP contribution >= 0.6 is 0 Å². The highest BCUT2D eigenvalue weighted by Crippen LogP contribution is 2.27. The van der Waals surface area contributed by atoms with Gasteiger partial charge in [0.05, 0.1) is 0 Å². The Kier molecular flexibility index (Phi) is 6.15. The molecule has 0 N–H and O–H groups in total. The standard InChI is InChI=1S/C28H27OSi/c1-21-11-10-12-22(2)28(21)29-30(23(3)24-13-6-4-7-14-24)27-19-17-26(18-20-27)25-15-8-5-9-16-25/h4-20,23H,1-3H3/t23-/m1/s1. The smallest absolute Gasteiger partial charge is 0.324 e. The first-order chi connectivity index (χ1) is 14.6. The molecule has 149 valence electrons. The van der Waals surface area contributed by atoms with Gasteiger partial charge in [0, 0.05) is 5.54 Å². The lowest BCUT2D eigenvalue weighted by molar-refractivity contribution is 0.556. The van der Waals surface area contributed by atoms with E-state index in [1.807, 2.05) is 0 Å². The average Bonchev–Trinajstić information content (AvgIpc) is 2.80. The van der Waals surface area contributed by atoms with E-state index in [2.05, 4.69) is 124 Å². The molecule has 2 heteroatoms. The molecule has 0 spiro atoms. The summed E-state index contributed by atoms with van der Waals surface area (Å²) >= 11 is 0. The van der Waals surface area contributed by atoms with Gasteiger partial charge in [0.25, 0.3) is 0 Å². The van der Waals surface area contributed by atoms with Gasteiger partial charge in [0.2, 0.25) is 0 Å². The maximum Gasteiger partial charge on any atom is 0.324 e. The molecule has 0 aromatic heterocycles. The fraction of sp³-hybridized carbons (Fsp3) is 0.143. The Morgan fingerprint density at radius 2 is 1.13 bits per heavy atom. The molecule has 0 bridgehead atoms. The van der Waals surface area contributed by atoms with Gasteiger partial charge in [-0.3, -0.25) is 0 Å². The van der Waals surface area contributed by atoms with Crippen molar-refractivity contribution in [3.05, 3.63) is 120 Å². The third-order valence-corrected chi connectivity index (χ3v) is 8.04. The summed E-state index contributed by atoms with van der Waals surface area (Å²) in [6, 6.07) is 36.6. The van der Waals surface area contributed by atoms with E-state index in [0.29, 0.717) is 5.54 Å². The van der Waals surface area contributed by atoms with E-state index in [4.69, 9.17) is 4.43 Å². The second kappa shape index (κ2) is 9.14. The summed E-state index contributed by atoms with van der Waals surface area (Å²) in [6.07, 6.45) is 0. The van der Waals surface area contributed by atoms with Crippen molar-refractivity contribution in [2.75, 3.05) is 0 Å².